The number of alkyl halides is 2. The van der Waals surface area contributed by atoms with Crippen molar-refractivity contribution in [3.8, 4) is 5.88 Å². The fourth-order valence-electron chi connectivity index (χ4n) is 0.376. The summed E-state index contributed by atoms with van der Waals surface area (Å²) in [6.07, 6.45) is -2.75. The number of rotatable bonds is 1. The van der Waals surface area contributed by atoms with Crippen LogP contribution in [0.4, 0.5) is 8.78 Å². The lowest BCUT2D eigenvalue weighted by atomic mass is 10.5. The smallest absolute Gasteiger partial charge is 0.285 e. The van der Waals surface area contributed by atoms with Crippen LogP contribution in [-0.2, 0) is 0 Å². The zero-order valence-corrected chi connectivity index (χ0v) is 4.17. The molecule has 9 heavy (non-hydrogen) atoms. The van der Waals surface area contributed by atoms with Gasteiger partial charge >= 0.3 is 0 Å². The van der Waals surface area contributed by atoms with Gasteiger partial charge in [0.25, 0.3) is 12.3 Å². The molecule has 0 spiro atoms. The van der Waals surface area contributed by atoms with Crippen LogP contribution in [0.25, 0.3) is 0 Å². The van der Waals surface area contributed by atoms with Crippen LogP contribution < -0.4 is 0 Å². The molecule has 50 valence electrons. The molecule has 1 aromatic heterocycles. The second kappa shape index (κ2) is 1.96. The van der Waals surface area contributed by atoms with Gasteiger partial charge in [0, 0.05) is 0 Å². The maximum atomic E-state index is 11.6. The fourth-order valence-corrected chi connectivity index (χ4v) is 0.376. The molecule has 0 aliphatic rings. The summed E-state index contributed by atoms with van der Waals surface area (Å²) in [5.41, 5.74) is -0.644. The number of hydrogen-bond donors (Lipinski definition) is 2. The fraction of sp³-hybridized carbons (Fsp3) is 0.333. The van der Waals surface area contributed by atoms with E-state index in [1.54, 1.807) is 0 Å². The molecule has 0 saturated carbocycles. The Bertz CT molecular complexity index is 199. The maximum Gasteiger partial charge on any atom is 0.285 e. The SMILES string of the molecule is Oc1nn[nH]c1C(F)F. The van der Waals surface area contributed by atoms with Crippen molar-refractivity contribution in [2.75, 3.05) is 0 Å². The number of halogens is 2. The number of nitrogens with zero attached hydrogens (tertiary/aromatic N) is 2. The largest absolute Gasteiger partial charge is 0.491 e. The third kappa shape index (κ3) is 0.956. The molecule has 0 aliphatic carbocycles. The Balaban J connectivity index is 2.94. The highest BCUT2D eigenvalue weighted by molar-refractivity contribution is 5.13. The van der Waals surface area contributed by atoms with Crippen LogP contribution in [0.15, 0.2) is 0 Å². The lowest BCUT2D eigenvalue weighted by Crippen LogP contribution is -1.83. The summed E-state index contributed by atoms with van der Waals surface area (Å²) in [5.74, 6) is -0.745. The van der Waals surface area contributed by atoms with E-state index in [4.69, 9.17) is 5.11 Å². The van der Waals surface area contributed by atoms with E-state index in [0.29, 0.717) is 0 Å². The molecule has 0 bridgehead atoms. The molecule has 0 unspecified atom stereocenters. The molecule has 0 atom stereocenters. The predicted octanol–water partition coefficient (Wildman–Crippen LogP) is 0.448. The van der Waals surface area contributed by atoms with Crippen molar-refractivity contribution in [1.82, 2.24) is 15.4 Å². The third-order valence-corrected chi connectivity index (χ3v) is 0.774. The molecule has 0 radical (unpaired) electrons. The van der Waals surface area contributed by atoms with Gasteiger partial charge in [0.05, 0.1) is 0 Å². The first-order chi connectivity index (χ1) is 4.22. The highest BCUT2D eigenvalue weighted by Crippen LogP contribution is 2.21. The zero-order chi connectivity index (χ0) is 6.85. The zero-order valence-electron chi connectivity index (χ0n) is 4.17. The standard InChI is InChI=1S/C3H3F2N3O/c4-2(5)1-3(9)7-8-6-1/h2H,(H2,6,7,8,9). The number of aromatic hydroxyl groups is 1. The first kappa shape index (κ1) is 5.93. The first-order valence-corrected chi connectivity index (χ1v) is 2.10. The van der Waals surface area contributed by atoms with Gasteiger partial charge in [-0.3, -0.25) is 5.10 Å². The highest BCUT2D eigenvalue weighted by atomic mass is 19.3. The predicted molar refractivity (Wildman–Crippen MR) is 23.0 cm³/mol. The van der Waals surface area contributed by atoms with Gasteiger partial charge < -0.3 is 5.11 Å². The molecular formula is C3H3F2N3O. The van der Waals surface area contributed by atoms with Crippen molar-refractivity contribution in [1.29, 1.82) is 0 Å². The summed E-state index contributed by atoms with van der Waals surface area (Å²) < 4.78 is 23.2. The van der Waals surface area contributed by atoms with E-state index >= 15 is 0 Å². The maximum absolute atomic E-state index is 11.6. The number of nitrogens with one attached hydrogen (secondary N) is 1. The third-order valence-electron chi connectivity index (χ3n) is 0.774. The van der Waals surface area contributed by atoms with E-state index in [1.165, 1.54) is 0 Å². The number of H-pyrrole nitrogens is 1. The molecule has 2 N–H and O–H groups in total. The highest BCUT2D eigenvalue weighted by Gasteiger charge is 2.15. The second-order valence-corrected chi connectivity index (χ2v) is 1.35. The van der Waals surface area contributed by atoms with Crippen LogP contribution in [0.5, 0.6) is 5.88 Å². The Morgan fingerprint density at radius 3 is 2.44 bits per heavy atom. The van der Waals surface area contributed by atoms with Crippen LogP contribution in [0.2, 0.25) is 0 Å². The summed E-state index contributed by atoms with van der Waals surface area (Å²) in [6, 6.07) is 0. The van der Waals surface area contributed by atoms with Crippen molar-refractivity contribution >= 4 is 0 Å². The topological polar surface area (TPSA) is 61.8 Å². The van der Waals surface area contributed by atoms with Gasteiger partial charge in [0.2, 0.25) is 0 Å². The van der Waals surface area contributed by atoms with Gasteiger partial charge in [0.1, 0.15) is 0 Å². The van der Waals surface area contributed by atoms with Crippen molar-refractivity contribution in [2.24, 2.45) is 0 Å². The Morgan fingerprint density at radius 1 is 1.56 bits per heavy atom. The molecule has 1 heterocycles. The van der Waals surface area contributed by atoms with Crippen molar-refractivity contribution < 1.29 is 13.9 Å². The van der Waals surface area contributed by atoms with E-state index in [0.717, 1.165) is 0 Å². The van der Waals surface area contributed by atoms with Gasteiger partial charge in [-0.1, -0.05) is 10.3 Å². The monoisotopic (exact) mass is 135 g/mol. The van der Waals surface area contributed by atoms with Crippen molar-refractivity contribution in [3.05, 3.63) is 5.69 Å². The van der Waals surface area contributed by atoms with Crippen LogP contribution in [0.1, 0.15) is 12.1 Å². The van der Waals surface area contributed by atoms with Gasteiger partial charge in [-0.2, -0.15) is 0 Å². The molecule has 0 fully saturated rings. The average molecular weight is 135 g/mol. The molecule has 0 aliphatic heterocycles. The number of hydrogen-bond acceptors (Lipinski definition) is 3. The quantitative estimate of drug-likeness (QED) is 0.587. The molecule has 0 aromatic carbocycles. The molecule has 1 rings (SSSR count). The molecule has 6 heteroatoms. The van der Waals surface area contributed by atoms with Crippen LogP contribution in [-0.4, -0.2) is 20.5 Å². The second-order valence-electron chi connectivity index (χ2n) is 1.35. The van der Waals surface area contributed by atoms with E-state index in [2.05, 4.69) is 10.3 Å². The summed E-state index contributed by atoms with van der Waals surface area (Å²) in [4.78, 5) is 0. The molecule has 4 nitrogen and oxygen atoms in total. The lowest BCUT2D eigenvalue weighted by molar-refractivity contribution is 0.142. The van der Waals surface area contributed by atoms with Crippen LogP contribution in [0, 0.1) is 0 Å². The molecule has 1 aromatic rings. The Morgan fingerprint density at radius 2 is 2.22 bits per heavy atom. The summed E-state index contributed by atoms with van der Waals surface area (Å²) in [6.45, 7) is 0. The minimum Gasteiger partial charge on any atom is -0.491 e. The Hall–Kier alpha value is -1.20. The lowest BCUT2D eigenvalue weighted by Gasteiger charge is -1.89. The minimum atomic E-state index is -2.75. The van der Waals surface area contributed by atoms with E-state index in [9.17, 15) is 8.78 Å². The molecular weight excluding hydrogens is 132 g/mol. The van der Waals surface area contributed by atoms with Gasteiger partial charge in [-0.05, 0) is 0 Å². The van der Waals surface area contributed by atoms with Crippen LogP contribution >= 0.6 is 0 Å². The van der Waals surface area contributed by atoms with Crippen LogP contribution in [0.3, 0.4) is 0 Å². The Labute approximate surface area is 48.5 Å². The summed E-state index contributed by atoms with van der Waals surface area (Å²) >= 11 is 0. The van der Waals surface area contributed by atoms with E-state index in [1.807, 2.05) is 5.10 Å². The number of aromatic nitrogens is 3. The Kier molecular flexibility index (Phi) is 1.29. The summed E-state index contributed by atoms with van der Waals surface area (Å²) in [7, 11) is 0. The first-order valence-electron chi connectivity index (χ1n) is 2.10. The van der Waals surface area contributed by atoms with Gasteiger partial charge in [-0.25, -0.2) is 8.78 Å². The molecule has 0 saturated heterocycles. The van der Waals surface area contributed by atoms with Gasteiger partial charge in [-0.15, -0.1) is 0 Å². The van der Waals surface area contributed by atoms with Crippen molar-refractivity contribution in [3.63, 3.8) is 0 Å². The van der Waals surface area contributed by atoms with E-state index in [-0.39, 0.29) is 0 Å². The number of aromatic amines is 1. The molecule has 0 amide bonds. The summed E-state index contributed by atoms with van der Waals surface area (Å²) in [5, 5.41) is 16.1. The average Bonchev–Trinajstić information content (AvgIpc) is 2.13. The normalized spacial score (nSPS) is 10.6. The minimum absolute atomic E-state index is 0.644. The van der Waals surface area contributed by atoms with Crippen molar-refractivity contribution in [2.45, 2.75) is 6.43 Å². The van der Waals surface area contributed by atoms with Gasteiger partial charge in [0.15, 0.2) is 5.69 Å². The van der Waals surface area contributed by atoms with E-state index < -0.39 is 18.0 Å².